The molecule has 2 heterocycles. The monoisotopic (exact) mass is 363 g/mol. The van der Waals surface area contributed by atoms with Crippen LogP contribution in [0.5, 0.6) is 0 Å². The zero-order chi connectivity index (χ0) is 17.3. The van der Waals surface area contributed by atoms with E-state index >= 15 is 0 Å². The van der Waals surface area contributed by atoms with E-state index in [1.165, 1.54) is 0 Å². The lowest BCUT2D eigenvalue weighted by molar-refractivity contribution is 0.0994. The summed E-state index contributed by atoms with van der Waals surface area (Å²) in [6, 6.07) is 10.2. The molecule has 1 amide bonds. The minimum Gasteiger partial charge on any atom is -0.454 e. The van der Waals surface area contributed by atoms with Gasteiger partial charge in [-0.25, -0.2) is 0 Å². The third-order valence-electron chi connectivity index (χ3n) is 3.59. The number of rotatable bonds is 4. The molecule has 0 aliphatic carbocycles. The average molecular weight is 364 g/mol. The van der Waals surface area contributed by atoms with Crippen LogP contribution in [0.1, 0.15) is 27.7 Å². The van der Waals surface area contributed by atoms with Crippen LogP contribution in [0.2, 0.25) is 10.0 Å². The number of carbonyl (C=O) groups is 1. The first-order valence-corrected chi connectivity index (χ1v) is 8.05. The highest BCUT2D eigenvalue weighted by molar-refractivity contribution is 6.31. The van der Waals surface area contributed by atoms with Gasteiger partial charge in [0, 0.05) is 10.7 Å². The second-order valence-corrected chi connectivity index (χ2v) is 6.18. The van der Waals surface area contributed by atoms with Gasteiger partial charge in [0.15, 0.2) is 5.76 Å². The lowest BCUT2D eigenvalue weighted by Gasteiger charge is -2.03. The number of benzene rings is 1. The van der Waals surface area contributed by atoms with Crippen molar-refractivity contribution in [2.75, 3.05) is 5.32 Å². The summed E-state index contributed by atoms with van der Waals surface area (Å²) in [4.78, 5) is 12.2. The molecular weight excluding hydrogens is 349 g/mol. The van der Waals surface area contributed by atoms with Crippen LogP contribution < -0.4 is 5.32 Å². The van der Waals surface area contributed by atoms with Gasteiger partial charge in [-0.15, -0.1) is 0 Å². The van der Waals surface area contributed by atoms with Crippen molar-refractivity contribution in [3.05, 3.63) is 69.4 Å². The normalized spacial score (nSPS) is 10.8. The van der Waals surface area contributed by atoms with Gasteiger partial charge in [-0.05, 0) is 50.2 Å². The Labute approximate surface area is 149 Å². The van der Waals surface area contributed by atoms with Gasteiger partial charge >= 0.3 is 0 Å². The van der Waals surface area contributed by atoms with Gasteiger partial charge in [-0.2, -0.15) is 5.10 Å². The minimum atomic E-state index is -0.324. The van der Waals surface area contributed by atoms with Crippen LogP contribution in [-0.2, 0) is 6.54 Å². The minimum absolute atomic E-state index is 0.229. The van der Waals surface area contributed by atoms with Crippen molar-refractivity contribution >= 4 is 34.8 Å². The highest BCUT2D eigenvalue weighted by Gasteiger charge is 2.14. The van der Waals surface area contributed by atoms with Crippen molar-refractivity contribution in [1.29, 1.82) is 0 Å². The number of amides is 1. The van der Waals surface area contributed by atoms with Crippen LogP contribution in [0.15, 0.2) is 40.8 Å². The Balaban J connectivity index is 1.71. The molecule has 3 rings (SSSR count). The first kappa shape index (κ1) is 16.6. The Morgan fingerprint density at radius 3 is 2.50 bits per heavy atom. The highest BCUT2D eigenvalue weighted by atomic mass is 35.5. The molecule has 0 unspecified atom stereocenters. The summed E-state index contributed by atoms with van der Waals surface area (Å²) in [5.74, 6) is 0.529. The number of furan rings is 1. The lowest BCUT2D eigenvalue weighted by Crippen LogP contribution is -2.10. The Hall–Kier alpha value is -2.24. The molecule has 0 atom stereocenters. The Kier molecular flexibility index (Phi) is 4.64. The smallest absolute Gasteiger partial charge is 0.291 e. The van der Waals surface area contributed by atoms with Crippen LogP contribution in [0.4, 0.5) is 5.69 Å². The van der Waals surface area contributed by atoms with Gasteiger partial charge in [0.1, 0.15) is 5.76 Å². The standard InChI is InChI=1S/C17H15Cl2N3O2/c1-10-16(19)11(2)22(21-10)9-14-7-8-15(24-14)17(23)20-13-5-3-12(18)4-6-13/h3-8H,9H2,1-2H3,(H,20,23). The first-order valence-electron chi connectivity index (χ1n) is 7.29. The zero-order valence-corrected chi connectivity index (χ0v) is 14.6. The third-order valence-corrected chi connectivity index (χ3v) is 4.39. The third kappa shape index (κ3) is 3.47. The Morgan fingerprint density at radius 1 is 1.17 bits per heavy atom. The molecule has 0 spiro atoms. The molecule has 3 aromatic rings. The van der Waals surface area contributed by atoms with E-state index in [4.69, 9.17) is 27.6 Å². The molecule has 0 radical (unpaired) electrons. The van der Waals surface area contributed by atoms with Crippen LogP contribution in [-0.4, -0.2) is 15.7 Å². The summed E-state index contributed by atoms with van der Waals surface area (Å²) in [5.41, 5.74) is 2.27. The number of hydrogen-bond acceptors (Lipinski definition) is 3. The van der Waals surface area contributed by atoms with Gasteiger partial charge in [0.25, 0.3) is 5.91 Å². The summed E-state index contributed by atoms with van der Waals surface area (Å²) < 4.78 is 7.35. The SMILES string of the molecule is Cc1nn(Cc2ccc(C(=O)Nc3ccc(Cl)cc3)o2)c(C)c1Cl. The number of aryl methyl sites for hydroxylation is 1. The van der Waals surface area contributed by atoms with Gasteiger partial charge < -0.3 is 9.73 Å². The molecule has 5 nitrogen and oxygen atoms in total. The molecule has 7 heteroatoms. The second-order valence-electron chi connectivity index (χ2n) is 5.37. The van der Waals surface area contributed by atoms with Gasteiger partial charge in [0.05, 0.1) is 23.0 Å². The van der Waals surface area contributed by atoms with Crippen molar-refractivity contribution in [3.8, 4) is 0 Å². The molecule has 24 heavy (non-hydrogen) atoms. The topological polar surface area (TPSA) is 60.1 Å². The number of hydrogen-bond donors (Lipinski definition) is 1. The maximum Gasteiger partial charge on any atom is 0.291 e. The van der Waals surface area contributed by atoms with Crippen LogP contribution in [0.3, 0.4) is 0 Å². The van der Waals surface area contributed by atoms with Gasteiger partial charge in [-0.3, -0.25) is 9.48 Å². The number of aromatic nitrogens is 2. The highest BCUT2D eigenvalue weighted by Crippen LogP contribution is 2.21. The summed E-state index contributed by atoms with van der Waals surface area (Å²) in [6.45, 7) is 4.14. The van der Waals surface area contributed by atoms with E-state index in [-0.39, 0.29) is 11.7 Å². The second kappa shape index (κ2) is 6.71. The van der Waals surface area contributed by atoms with Gasteiger partial charge in [-0.1, -0.05) is 23.2 Å². The fraction of sp³-hybridized carbons (Fsp3) is 0.176. The molecule has 1 aromatic carbocycles. The first-order chi connectivity index (χ1) is 11.4. The van der Waals surface area contributed by atoms with E-state index in [1.54, 1.807) is 41.1 Å². The quantitative estimate of drug-likeness (QED) is 0.730. The van der Waals surface area contributed by atoms with Crippen molar-refractivity contribution in [1.82, 2.24) is 9.78 Å². The summed E-state index contributed by atoms with van der Waals surface area (Å²) in [5, 5.41) is 8.35. The molecule has 1 N–H and O–H groups in total. The molecule has 0 saturated carbocycles. The Bertz CT molecular complexity index is 882. The molecule has 0 saturated heterocycles. The molecular formula is C17H15Cl2N3O2. The number of anilines is 1. The maximum absolute atomic E-state index is 12.2. The van der Waals surface area contributed by atoms with Crippen molar-refractivity contribution < 1.29 is 9.21 Å². The average Bonchev–Trinajstić information content (AvgIpc) is 3.11. The van der Waals surface area contributed by atoms with E-state index in [0.717, 1.165) is 11.4 Å². The van der Waals surface area contributed by atoms with E-state index in [9.17, 15) is 4.79 Å². The summed E-state index contributed by atoms with van der Waals surface area (Å²) >= 11 is 12.0. The predicted molar refractivity (Wildman–Crippen MR) is 93.9 cm³/mol. The van der Waals surface area contributed by atoms with E-state index in [0.29, 0.717) is 28.0 Å². The van der Waals surface area contributed by atoms with Crippen molar-refractivity contribution in [3.63, 3.8) is 0 Å². The van der Waals surface area contributed by atoms with Crippen LogP contribution in [0.25, 0.3) is 0 Å². The summed E-state index contributed by atoms with van der Waals surface area (Å²) in [6.07, 6.45) is 0. The Morgan fingerprint density at radius 2 is 1.88 bits per heavy atom. The molecule has 0 aliphatic heterocycles. The van der Waals surface area contributed by atoms with E-state index < -0.39 is 0 Å². The molecule has 0 bridgehead atoms. The van der Waals surface area contributed by atoms with Gasteiger partial charge in [0.2, 0.25) is 0 Å². The molecule has 124 valence electrons. The van der Waals surface area contributed by atoms with Crippen LogP contribution >= 0.6 is 23.2 Å². The molecule has 0 aliphatic rings. The van der Waals surface area contributed by atoms with Crippen molar-refractivity contribution in [2.45, 2.75) is 20.4 Å². The lowest BCUT2D eigenvalue weighted by atomic mass is 10.3. The number of carbonyl (C=O) groups excluding carboxylic acids is 1. The van der Waals surface area contributed by atoms with E-state index in [2.05, 4.69) is 10.4 Å². The van der Waals surface area contributed by atoms with Crippen LogP contribution in [0, 0.1) is 13.8 Å². The number of nitrogens with one attached hydrogen (secondary N) is 1. The zero-order valence-electron chi connectivity index (χ0n) is 13.1. The largest absolute Gasteiger partial charge is 0.454 e. The summed E-state index contributed by atoms with van der Waals surface area (Å²) in [7, 11) is 0. The van der Waals surface area contributed by atoms with Crippen molar-refractivity contribution in [2.24, 2.45) is 0 Å². The number of halogens is 2. The fourth-order valence-corrected chi connectivity index (χ4v) is 2.55. The van der Waals surface area contributed by atoms with E-state index in [1.807, 2.05) is 13.8 Å². The fourth-order valence-electron chi connectivity index (χ4n) is 2.29. The molecule has 0 fully saturated rings. The predicted octanol–water partition coefficient (Wildman–Crippen LogP) is 4.70. The maximum atomic E-state index is 12.2. The number of nitrogens with zero attached hydrogens (tertiary/aromatic N) is 2. The molecule has 2 aromatic heterocycles.